The van der Waals surface area contributed by atoms with Gasteiger partial charge in [-0.3, -0.25) is 9.59 Å². The smallest absolute Gasteiger partial charge is 0.416 e. The maximum atomic E-state index is 13.8. The number of sulfonamides is 1. The van der Waals surface area contributed by atoms with Crippen LogP contribution in [0.15, 0.2) is 72.8 Å². The number of allylic oxidation sites excluding steroid dienone is 2. The highest BCUT2D eigenvalue weighted by Gasteiger charge is 2.46. The molecule has 1 unspecified atom stereocenters. The van der Waals surface area contributed by atoms with E-state index in [0.717, 1.165) is 29.0 Å². The molecule has 0 bridgehead atoms. The van der Waals surface area contributed by atoms with Gasteiger partial charge in [0.15, 0.2) is 4.87 Å². The predicted octanol–water partition coefficient (Wildman–Crippen LogP) is 5.64. The van der Waals surface area contributed by atoms with Crippen LogP contribution in [-0.2, 0) is 21.0 Å². The molecule has 0 radical (unpaired) electrons. The maximum Gasteiger partial charge on any atom is 0.416 e. The van der Waals surface area contributed by atoms with Crippen molar-refractivity contribution in [2.75, 3.05) is 0 Å². The second-order valence-electron chi connectivity index (χ2n) is 10.1. The van der Waals surface area contributed by atoms with Crippen molar-refractivity contribution in [2.45, 2.75) is 44.3 Å². The predicted molar refractivity (Wildman–Crippen MR) is 154 cm³/mol. The van der Waals surface area contributed by atoms with Gasteiger partial charge in [-0.1, -0.05) is 68.5 Å². The molecule has 1 heterocycles. The van der Waals surface area contributed by atoms with Gasteiger partial charge in [0, 0.05) is 12.0 Å². The van der Waals surface area contributed by atoms with Gasteiger partial charge in [0.2, 0.25) is 10.0 Å². The summed E-state index contributed by atoms with van der Waals surface area (Å²) in [6.45, 7) is 4.64. The molecule has 2 atom stereocenters. The molecular formula is C29H28F3N3O5S2. The van der Waals surface area contributed by atoms with E-state index in [1.165, 1.54) is 25.1 Å². The van der Waals surface area contributed by atoms with Gasteiger partial charge in [0.1, 0.15) is 15.9 Å². The lowest BCUT2D eigenvalue weighted by Gasteiger charge is -2.34. The zero-order valence-corrected chi connectivity index (χ0v) is 24.4. The minimum absolute atomic E-state index is 0.0596. The van der Waals surface area contributed by atoms with Crippen LogP contribution in [0.5, 0.6) is 0 Å². The Balaban J connectivity index is 1.68. The molecule has 3 aromatic rings. The quantitative estimate of drug-likeness (QED) is 0.285. The number of carboxylic acid groups (broad SMARTS) is 1. The van der Waals surface area contributed by atoms with E-state index in [-0.39, 0.29) is 22.0 Å². The van der Waals surface area contributed by atoms with Crippen molar-refractivity contribution in [1.82, 2.24) is 15.0 Å². The number of aromatic nitrogens is 1. The van der Waals surface area contributed by atoms with E-state index < -0.39 is 50.5 Å². The lowest BCUT2D eigenvalue weighted by molar-refractivity contribution is -0.140. The number of nitrogens with zero attached hydrogens (tertiary/aromatic N) is 1. The second kappa shape index (κ2) is 11.8. The van der Waals surface area contributed by atoms with E-state index in [1.54, 1.807) is 26.0 Å². The first kappa shape index (κ1) is 31.1. The van der Waals surface area contributed by atoms with Crippen molar-refractivity contribution in [3.05, 3.63) is 94.5 Å². The largest absolute Gasteiger partial charge is 0.480 e. The fourth-order valence-electron chi connectivity index (χ4n) is 4.35. The maximum absolute atomic E-state index is 13.8. The number of halogens is 3. The van der Waals surface area contributed by atoms with Gasteiger partial charge in [-0.05, 0) is 42.2 Å². The van der Waals surface area contributed by atoms with Crippen LogP contribution in [-0.4, -0.2) is 41.3 Å². The molecule has 8 nitrogen and oxygen atoms in total. The number of hydrogen-bond acceptors (Lipinski definition) is 6. The average molecular weight is 620 g/mol. The van der Waals surface area contributed by atoms with E-state index >= 15 is 0 Å². The Morgan fingerprint density at radius 3 is 2.21 bits per heavy atom. The molecule has 0 fully saturated rings. The number of alkyl halides is 3. The summed E-state index contributed by atoms with van der Waals surface area (Å²) in [7, 11) is -4.54. The third-order valence-electron chi connectivity index (χ3n) is 6.75. The van der Waals surface area contributed by atoms with Gasteiger partial charge in [-0.25, -0.2) is 13.4 Å². The van der Waals surface area contributed by atoms with E-state index in [2.05, 4.69) is 15.0 Å². The summed E-state index contributed by atoms with van der Waals surface area (Å²) in [6.07, 6.45) is -0.192. The van der Waals surface area contributed by atoms with Crippen molar-refractivity contribution in [1.29, 1.82) is 0 Å². The number of carbonyl (C=O) groups excluding carboxylic acids is 1. The molecule has 1 amide bonds. The first-order valence-electron chi connectivity index (χ1n) is 12.8. The Labute approximate surface area is 245 Å². The average Bonchev–Trinajstić information content (AvgIpc) is 3.33. The summed E-state index contributed by atoms with van der Waals surface area (Å²) in [5.41, 5.74) is 1.31. The van der Waals surface area contributed by atoms with Crippen LogP contribution in [0.1, 0.15) is 46.8 Å². The molecule has 1 aliphatic rings. The molecule has 1 aliphatic carbocycles. The minimum atomic E-state index is -4.54. The molecule has 13 heteroatoms. The standard InChI is InChI=1S/C29H28F3N3O5S2/c1-17(2)23(27(37)38)35-42(39,40)28(15-13-20(14-16-28)19-7-5-4-6-8-19)34-25(36)24-18(3)33-26(41-24)21-9-11-22(12-10-21)29(30,31)32/h4-15,17,23,35H,16H2,1-3H3,(H,34,36)(H,37,38)/t23-,28?/m0/s1. The fourth-order valence-corrected chi connectivity index (χ4v) is 7.01. The van der Waals surface area contributed by atoms with Gasteiger partial charge in [-0.15, -0.1) is 11.3 Å². The number of carboxylic acids is 1. The number of carbonyl (C=O) groups is 2. The van der Waals surface area contributed by atoms with Crippen molar-refractivity contribution in [3.63, 3.8) is 0 Å². The first-order chi connectivity index (χ1) is 19.6. The van der Waals surface area contributed by atoms with Crippen LogP contribution >= 0.6 is 11.3 Å². The molecule has 0 saturated heterocycles. The van der Waals surface area contributed by atoms with Crippen LogP contribution in [0.2, 0.25) is 0 Å². The summed E-state index contributed by atoms with van der Waals surface area (Å²) in [6, 6.07) is 12.0. The second-order valence-corrected chi connectivity index (χ2v) is 13.1. The first-order valence-corrected chi connectivity index (χ1v) is 15.1. The lowest BCUT2D eigenvalue weighted by atomic mass is 9.96. The Bertz CT molecular complexity index is 1650. The number of thiazole rings is 1. The molecule has 222 valence electrons. The monoisotopic (exact) mass is 619 g/mol. The Morgan fingerprint density at radius 1 is 1.05 bits per heavy atom. The van der Waals surface area contributed by atoms with Crippen LogP contribution < -0.4 is 10.0 Å². The SMILES string of the molecule is Cc1nc(-c2ccc(C(F)(F)F)cc2)sc1C(=O)NC1(S(=O)(=O)N[C@H](C(=O)O)C(C)C)C=CC(c2ccccc2)=CC1. The molecule has 4 rings (SSSR count). The van der Waals surface area contributed by atoms with E-state index in [1.807, 2.05) is 30.3 Å². The number of aliphatic carboxylic acids is 1. The third-order valence-corrected chi connectivity index (χ3v) is 9.88. The minimum Gasteiger partial charge on any atom is -0.480 e. The van der Waals surface area contributed by atoms with E-state index in [9.17, 15) is 36.3 Å². The van der Waals surface area contributed by atoms with E-state index in [0.29, 0.717) is 11.1 Å². The van der Waals surface area contributed by atoms with Crippen molar-refractivity contribution in [3.8, 4) is 10.6 Å². The van der Waals surface area contributed by atoms with Gasteiger partial charge in [0.05, 0.1) is 11.3 Å². The summed E-state index contributed by atoms with van der Waals surface area (Å²) in [5.74, 6) is -2.75. The summed E-state index contributed by atoms with van der Waals surface area (Å²) >= 11 is 0.900. The number of hydrogen-bond donors (Lipinski definition) is 3. The lowest BCUT2D eigenvalue weighted by Crippen LogP contribution is -2.60. The molecule has 1 aromatic heterocycles. The molecule has 42 heavy (non-hydrogen) atoms. The number of amides is 1. The van der Waals surface area contributed by atoms with Crippen molar-refractivity contribution >= 4 is 38.8 Å². The third kappa shape index (κ3) is 6.48. The van der Waals surface area contributed by atoms with Gasteiger partial charge in [0.25, 0.3) is 5.91 Å². The van der Waals surface area contributed by atoms with Crippen molar-refractivity contribution in [2.24, 2.45) is 5.92 Å². The molecular weight excluding hydrogens is 591 g/mol. The molecule has 0 saturated carbocycles. The molecule has 0 spiro atoms. The summed E-state index contributed by atoms with van der Waals surface area (Å²) in [4.78, 5) is 27.7. The highest BCUT2D eigenvalue weighted by atomic mass is 32.2. The zero-order valence-electron chi connectivity index (χ0n) is 22.8. The summed E-state index contributed by atoms with van der Waals surface area (Å²) in [5, 5.41) is 12.5. The Kier molecular flexibility index (Phi) is 8.76. The van der Waals surface area contributed by atoms with Crippen LogP contribution in [0.4, 0.5) is 13.2 Å². The van der Waals surface area contributed by atoms with Crippen LogP contribution in [0.25, 0.3) is 16.1 Å². The fraction of sp³-hybridized carbons (Fsp3) is 0.276. The molecule has 3 N–H and O–H groups in total. The number of rotatable bonds is 9. The van der Waals surface area contributed by atoms with Gasteiger partial charge < -0.3 is 10.4 Å². The highest BCUT2D eigenvalue weighted by molar-refractivity contribution is 7.91. The molecule has 0 aliphatic heterocycles. The number of aryl methyl sites for hydroxylation is 1. The Morgan fingerprint density at radius 2 is 1.69 bits per heavy atom. The highest BCUT2D eigenvalue weighted by Crippen LogP contribution is 2.35. The Hall–Kier alpha value is -3.81. The zero-order chi connectivity index (χ0) is 30.9. The van der Waals surface area contributed by atoms with Crippen LogP contribution in [0, 0.1) is 12.8 Å². The van der Waals surface area contributed by atoms with E-state index in [4.69, 9.17) is 0 Å². The van der Waals surface area contributed by atoms with Gasteiger partial charge >= 0.3 is 12.1 Å². The summed E-state index contributed by atoms with van der Waals surface area (Å²) < 4.78 is 68.8. The van der Waals surface area contributed by atoms with Crippen LogP contribution in [0.3, 0.4) is 0 Å². The van der Waals surface area contributed by atoms with Crippen molar-refractivity contribution < 1.29 is 36.3 Å². The number of benzene rings is 2. The normalized spacial score (nSPS) is 18.0. The molecule has 2 aromatic carbocycles. The topological polar surface area (TPSA) is 125 Å². The number of nitrogens with one attached hydrogen (secondary N) is 2. The van der Waals surface area contributed by atoms with Gasteiger partial charge in [-0.2, -0.15) is 17.9 Å².